The first kappa shape index (κ1) is 27.6. The molecule has 3 N–H and O–H groups in total. The molecule has 0 spiro atoms. The number of hydrogen-bond donors (Lipinski definition) is 3. The molecule has 212 valence electrons. The van der Waals surface area contributed by atoms with Crippen molar-refractivity contribution in [2.24, 2.45) is 5.92 Å². The van der Waals surface area contributed by atoms with E-state index in [1.807, 2.05) is 44.2 Å². The fourth-order valence-electron chi connectivity index (χ4n) is 4.65. The topological polar surface area (TPSA) is 134 Å². The smallest absolute Gasteiger partial charge is 0.270 e. The van der Waals surface area contributed by atoms with Gasteiger partial charge in [-0.1, -0.05) is 50.2 Å². The Morgan fingerprint density at radius 1 is 1.00 bits per heavy atom. The number of rotatable bonds is 3. The molecule has 1 atom stereocenters. The lowest BCUT2D eigenvalue weighted by atomic mass is 10.0. The zero-order chi connectivity index (χ0) is 28.8. The van der Waals surface area contributed by atoms with Crippen molar-refractivity contribution in [3.63, 3.8) is 0 Å². The number of nitrogens with one attached hydrogen (secondary N) is 3. The maximum absolute atomic E-state index is 13.4. The molecular weight excluding hydrogens is 522 g/mol. The summed E-state index contributed by atoms with van der Waals surface area (Å²) >= 11 is 0. The van der Waals surface area contributed by atoms with Gasteiger partial charge in [0.1, 0.15) is 18.1 Å². The van der Waals surface area contributed by atoms with Crippen molar-refractivity contribution in [2.45, 2.75) is 26.4 Å². The molecule has 11 nitrogen and oxygen atoms in total. The molecule has 3 amide bonds. The minimum absolute atomic E-state index is 0.0305. The molecule has 2 bridgehead atoms. The van der Waals surface area contributed by atoms with Crippen LogP contribution in [0.1, 0.15) is 46.6 Å². The van der Waals surface area contributed by atoms with E-state index in [4.69, 9.17) is 14.8 Å². The summed E-state index contributed by atoms with van der Waals surface area (Å²) in [7, 11) is 0. The van der Waals surface area contributed by atoms with Crippen LogP contribution in [0.3, 0.4) is 0 Å². The van der Waals surface area contributed by atoms with Gasteiger partial charge >= 0.3 is 0 Å². The number of benzene rings is 2. The molecule has 0 saturated carbocycles. The van der Waals surface area contributed by atoms with Crippen LogP contribution in [0.5, 0.6) is 5.75 Å². The van der Waals surface area contributed by atoms with E-state index in [1.165, 1.54) is 4.90 Å². The number of H-pyrrole nitrogens is 1. The lowest BCUT2D eigenvalue weighted by Crippen LogP contribution is -2.46. The van der Waals surface area contributed by atoms with E-state index in [1.54, 1.807) is 47.3 Å². The zero-order valence-corrected chi connectivity index (χ0v) is 23.0. The molecule has 0 unspecified atom stereocenters. The Hall–Kier alpha value is -4.93. The Morgan fingerprint density at radius 2 is 1.80 bits per heavy atom. The van der Waals surface area contributed by atoms with Crippen LogP contribution in [0, 0.1) is 5.92 Å². The minimum Gasteiger partial charge on any atom is -0.492 e. The Labute approximate surface area is 237 Å². The van der Waals surface area contributed by atoms with Crippen molar-refractivity contribution in [2.75, 3.05) is 26.2 Å². The molecule has 0 radical (unpaired) electrons. The number of carbonyl (C=O) groups excluding carboxylic acids is 3. The molecule has 2 aromatic heterocycles. The summed E-state index contributed by atoms with van der Waals surface area (Å²) in [5.41, 5.74) is 1.64. The van der Waals surface area contributed by atoms with Crippen molar-refractivity contribution in [1.82, 2.24) is 35.3 Å². The molecule has 5 rings (SSSR count). The van der Waals surface area contributed by atoms with Gasteiger partial charge in [0.25, 0.3) is 11.8 Å². The number of nitrogens with zero attached hydrogens (tertiary/aromatic N) is 4. The van der Waals surface area contributed by atoms with Crippen molar-refractivity contribution in [3.05, 3.63) is 90.0 Å². The highest BCUT2D eigenvalue weighted by Crippen LogP contribution is 2.24. The summed E-state index contributed by atoms with van der Waals surface area (Å²) in [5, 5.41) is 10.7. The number of aromatic nitrogens is 4. The molecule has 3 heterocycles. The van der Waals surface area contributed by atoms with Crippen LogP contribution >= 0.6 is 0 Å². The summed E-state index contributed by atoms with van der Waals surface area (Å²) in [5.74, 6) is 0.648. The van der Waals surface area contributed by atoms with E-state index in [0.717, 1.165) is 5.56 Å². The number of aromatic amines is 1. The number of amides is 3. The van der Waals surface area contributed by atoms with E-state index in [9.17, 15) is 14.4 Å². The highest BCUT2D eigenvalue weighted by molar-refractivity contribution is 5.96. The molecule has 0 fully saturated rings. The Morgan fingerprint density at radius 3 is 2.56 bits per heavy atom. The summed E-state index contributed by atoms with van der Waals surface area (Å²) in [6, 6.07) is 19.4. The first-order valence-electron chi connectivity index (χ1n) is 13.6. The average Bonchev–Trinajstić information content (AvgIpc) is 3.66. The summed E-state index contributed by atoms with van der Waals surface area (Å²) < 4.78 is 7.74. The number of carbonyl (C=O) groups is 3. The average molecular weight is 556 g/mol. The second-order valence-electron chi connectivity index (χ2n) is 10.1. The Kier molecular flexibility index (Phi) is 8.42. The first-order chi connectivity index (χ1) is 19.9. The number of ether oxygens (including phenoxy) is 1. The van der Waals surface area contributed by atoms with Gasteiger partial charge in [0.15, 0.2) is 11.6 Å². The molecule has 11 heteroatoms. The van der Waals surface area contributed by atoms with E-state index < -0.39 is 6.04 Å². The monoisotopic (exact) mass is 555 g/mol. The number of fused-ring (bicyclic) bond motifs is 3. The van der Waals surface area contributed by atoms with Gasteiger partial charge in [0.2, 0.25) is 5.91 Å². The standard InChI is InChI=1S/C30H33N7O4/c1-20(2)26-28-34-27(21-8-4-3-5-9-21)35-37(28)16-17-41-23-11-6-10-22(18-23)29(39)32-14-15-36(19-25(38)33-26)30(40)24-12-7-13-31-24/h3-13,18,20,26,31H,14-17,19H2,1-2H3,(H,32,39)(H,33,38)/t26-/m0/s1. The molecular formula is C30H33N7O4. The predicted octanol–water partition coefficient (Wildman–Crippen LogP) is 3.05. The normalized spacial score (nSPS) is 16.8. The van der Waals surface area contributed by atoms with E-state index >= 15 is 0 Å². The second kappa shape index (κ2) is 12.5. The van der Waals surface area contributed by atoms with Gasteiger partial charge in [-0.25, -0.2) is 9.67 Å². The van der Waals surface area contributed by atoms with Crippen molar-refractivity contribution < 1.29 is 19.1 Å². The highest BCUT2D eigenvalue weighted by Gasteiger charge is 2.28. The summed E-state index contributed by atoms with van der Waals surface area (Å²) in [4.78, 5) is 48.7. The molecule has 0 aliphatic carbocycles. The SMILES string of the molecule is CC(C)[C@@H]1NC(=O)CN(C(=O)c2ccc[nH]2)CCNC(=O)c2cccc(c2)OCCn2nc(-c3ccccc3)nc21. The van der Waals surface area contributed by atoms with Crippen molar-refractivity contribution in [1.29, 1.82) is 0 Å². The van der Waals surface area contributed by atoms with Crippen LogP contribution in [-0.4, -0.2) is 68.6 Å². The molecule has 1 aliphatic rings. The van der Waals surface area contributed by atoms with Gasteiger partial charge in [-0.05, 0) is 36.2 Å². The van der Waals surface area contributed by atoms with Gasteiger partial charge in [0.05, 0.1) is 19.1 Å². The lowest BCUT2D eigenvalue weighted by Gasteiger charge is -2.26. The van der Waals surface area contributed by atoms with Gasteiger partial charge in [0, 0.05) is 30.4 Å². The van der Waals surface area contributed by atoms with Crippen LogP contribution in [0.2, 0.25) is 0 Å². The highest BCUT2D eigenvalue weighted by atomic mass is 16.5. The fraction of sp³-hybridized carbons (Fsp3) is 0.300. The predicted molar refractivity (Wildman–Crippen MR) is 152 cm³/mol. The molecule has 0 saturated heterocycles. The molecule has 2 aromatic carbocycles. The first-order valence-corrected chi connectivity index (χ1v) is 13.6. The summed E-state index contributed by atoms with van der Waals surface area (Å²) in [6.45, 7) is 4.71. The van der Waals surface area contributed by atoms with Crippen LogP contribution in [-0.2, 0) is 11.3 Å². The zero-order valence-electron chi connectivity index (χ0n) is 23.0. The third-order valence-electron chi connectivity index (χ3n) is 6.78. The van der Waals surface area contributed by atoms with Crippen molar-refractivity contribution >= 4 is 17.7 Å². The van der Waals surface area contributed by atoms with Crippen molar-refractivity contribution in [3.8, 4) is 17.1 Å². The third kappa shape index (κ3) is 6.63. The minimum atomic E-state index is -0.478. The number of hydrogen-bond acceptors (Lipinski definition) is 6. The van der Waals surface area contributed by atoms with Gasteiger partial charge in [-0.15, -0.1) is 0 Å². The van der Waals surface area contributed by atoms with Crippen LogP contribution in [0.25, 0.3) is 11.4 Å². The van der Waals surface area contributed by atoms with E-state index in [-0.39, 0.29) is 49.9 Å². The molecule has 1 aliphatic heterocycles. The summed E-state index contributed by atoms with van der Waals surface area (Å²) in [6.07, 6.45) is 1.65. The second-order valence-corrected chi connectivity index (χ2v) is 10.1. The quantitative estimate of drug-likeness (QED) is 0.356. The van der Waals surface area contributed by atoms with E-state index in [0.29, 0.717) is 35.2 Å². The Bertz CT molecular complexity index is 1500. The van der Waals surface area contributed by atoms with Gasteiger partial charge in [-0.2, -0.15) is 5.10 Å². The fourth-order valence-corrected chi connectivity index (χ4v) is 4.65. The lowest BCUT2D eigenvalue weighted by molar-refractivity contribution is -0.123. The van der Waals surface area contributed by atoms with Crippen LogP contribution < -0.4 is 15.4 Å². The van der Waals surface area contributed by atoms with Gasteiger partial charge in [-0.3, -0.25) is 14.4 Å². The maximum Gasteiger partial charge on any atom is 0.270 e. The largest absolute Gasteiger partial charge is 0.492 e. The third-order valence-corrected chi connectivity index (χ3v) is 6.78. The molecule has 41 heavy (non-hydrogen) atoms. The Balaban J connectivity index is 1.50. The van der Waals surface area contributed by atoms with Gasteiger partial charge < -0.3 is 25.3 Å². The molecule has 4 aromatic rings. The van der Waals surface area contributed by atoms with Crippen LogP contribution in [0.15, 0.2) is 72.9 Å². The van der Waals surface area contributed by atoms with E-state index in [2.05, 4.69) is 15.6 Å². The van der Waals surface area contributed by atoms with Crippen LogP contribution in [0.4, 0.5) is 0 Å². The maximum atomic E-state index is 13.4.